The zero-order chi connectivity index (χ0) is 8.81. The Labute approximate surface area is 72.9 Å². The third kappa shape index (κ3) is 2.38. The fourth-order valence-electron chi connectivity index (χ4n) is 0.877. The highest BCUT2D eigenvalue weighted by atomic mass is 16.5. The molecule has 0 aliphatic carbocycles. The Balaban J connectivity index is 2.68. The van der Waals surface area contributed by atoms with Crippen molar-refractivity contribution in [2.45, 2.75) is 13.8 Å². The van der Waals surface area contributed by atoms with Crippen molar-refractivity contribution < 1.29 is 4.74 Å². The molecule has 0 amide bonds. The van der Waals surface area contributed by atoms with Crippen LogP contribution in [0.2, 0.25) is 0 Å². The summed E-state index contributed by atoms with van der Waals surface area (Å²) >= 11 is 0. The monoisotopic (exact) mass is 163 g/mol. The second kappa shape index (κ2) is 4.54. The number of rotatable bonds is 3. The molecule has 0 saturated carbocycles. The van der Waals surface area contributed by atoms with Crippen LogP contribution in [0, 0.1) is 6.92 Å². The lowest BCUT2D eigenvalue weighted by molar-refractivity contribution is 0.344. The van der Waals surface area contributed by atoms with Crippen molar-refractivity contribution in [2.75, 3.05) is 6.61 Å². The van der Waals surface area contributed by atoms with Crippen molar-refractivity contribution in [1.82, 2.24) is 0 Å². The van der Waals surface area contributed by atoms with Crippen LogP contribution in [-0.2, 0) is 4.74 Å². The Hall–Kier alpha value is -1.31. The molecule has 0 unspecified atom stereocenters. The van der Waals surface area contributed by atoms with E-state index in [0.717, 1.165) is 11.3 Å². The van der Waals surface area contributed by atoms with E-state index in [4.69, 9.17) is 4.74 Å². The molecule has 0 fully saturated rings. The van der Waals surface area contributed by atoms with Gasteiger partial charge in [-0.25, -0.2) is 4.99 Å². The molecule has 0 saturated heterocycles. The first-order chi connectivity index (χ1) is 5.84. The second-order valence-electron chi connectivity index (χ2n) is 2.48. The molecule has 64 valence electrons. The highest BCUT2D eigenvalue weighted by Gasteiger charge is 1.90. The van der Waals surface area contributed by atoms with Gasteiger partial charge in [0.15, 0.2) is 6.40 Å². The van der Waals surface area contributed by atoms with Gasteiger partial charge in [-0.3, -0.25) is 0 Å². The lowest BCUT2D eigenvalue weighted by Crippen LogP contribution is -1.84. The third-order valence-electron chi connectivity index (χ3n) is 1.55. The van der Waals surface area contributed by atoms with Crippen molar-refractivity contribution in [3.63, 3.8) is 0 Å². The van der Waals surface area contributed by atoms with E-state index in [1.165, 1.54) is 6.40 Å². The van der Waals surface area contributed by atoms with Gasteiger partial charge >= 0.3 is 0 Å². The van der Waals surface area contributed by atoms with Crippen molar-refractivity contribution in [1.29, 1.82) is 0 Å². The number of benzene rings is 1. The van der Waals surface area contributed by atoms with Crippen LogP contribution < -0.4 is 0 Å². The summed E-state index contributed by atoms with van der Waals surface area (Å²) in [6.45, 7) is 4.62. The Morgan fingerprint density at radius 2 is 2.17 bits per heavy atom. The van der Waals surface area contributed by atoms with E-state index in [0.29, 0.717) is 6.61 Å². The molecular weight excluding hydrogens is 150 g/mol. The maximum Gasteiger partial charge on any atom is 0.174 e. The van der Waals surface area contributed by atoms with E-state index < -0.39 is 0 Å². The summed E-state index contributed by atoms with van der Waals surface area (Å²) in [6.07, 6.45) is 1.49. The number of nitrogens with zero attached hydrogens (tertiary/aromatic N) is 1. The molecule has 1 aromatic rings. The smallest absolute Gasteiger partial charge is 0.174 e. The molecule has 0 radical (unpaired) electrons. The minimum Gasteiger partial charge on any atom is -0.483 e. The van der Waals surface area contributed by atoms with Crippen LogP contribution in [0.4, 0.5) is 5.69 Å². The van der Waals surface area contributed by atoms with Gasteiger partial charge in [0.1, 0.15) is 0 Å². The summed E-state index contributed by atoms with van der Waals surface area (Å²) in [6, 6.07) is 7.95. The summed E-state index contributed by atoms with van der Waals surface area (Å²) < 4.78 is 5.00. The topological polar surface area (TPSA) is 21.6 Å². The van der Waals surface area contributed by atoms with Gasteiger partial charge in [-0.2, -0.15) is 0 Å². The quantitative estimate of drug-likeness (QED) is 0.496. The van der Waals surface area contributed by atoms with E-state index in [2.05, 4.69) is 4.99 Å². The largest absolute Gasteiger partial charge is 0.483 e. The molecule has 2 nitrogen and oxygen atoms in total. The highest BCUT2D eigenvalue weighted by molar-refractivity contribution is 5.58. The standard InChI is InChI=1S/C10H13NO/c1-3-12-8-11-10-7-5-4-6-9(10)2/h4-8H,3H2,1-2H3. The molecule has 0 N–H and O–H groups in total. The van der Waals surface area contributed by atoms with Crippen LogP contribution in [0.25, 0.3) is 0 Å². The summed E-state index contributed by atoms with van der Waals surface area (Å²) in [5.74, 6) is 0. The summed E-state index contributed by atoms with van der Waals surface area (Å²) in [4.78, 5) is 4.15. The maximum atomic E-state index is 5.00. The molecule has 12 heavy (non-hydrogen) atoms. The van der Waals surface area contributed by atoms with E-state index >= 15 is 0 Å². The summed E-state index contributed by atoms with van der Waals surface area (Å²) in [5.41, 5.74) is 2.12. The minimum absolute atomic E-state index is 0.662. The normalized spacial score (nSPS) is 10.5. The van der Waals surface area contributed by atoms with Gasteiger partial charge in [0.05, 0.1) is 12.3 Å². The Morgan fingerprint density at radius 1 is 1.42 bits per heavy atom. The van der Waals surface area contributed by atoms with Gasteiger partial charge in [0, 0.05) is 0 Å². The number of para-hydroxylation sites is 1. The molecule has 0 spiro atoms. The molecular formula is C10H13NO. The van der Waals surface area contributed by atoms with Crippen LogP contribution in [0.1, 0.15) is 12.5 Å². The fraction of sp³-hybridized carbons (Fsp3) is 0.300. The first kappa shape index (κ1) is 8.78. The van der Waals surface area contributed by atoms with Crippen molar-refractivity contribution in [3.8, 4) is 0 Å². The average Bonchev–Trinajstić information content (AvgIpc) is 2.09. The number of aryl methyl sites for hydroxylation is 1. The molecule has 2 heteroatoms. The van der Waals surface area contributed by atoms with Gasteiger partial charge < -0.3 is 4.74 Å². The van der Waals surface area contributed by atoms with Gasteiger partial charge in [-0.1, -0.05) is 18.2 Å². The zero-order valence-electron chi connectivity index (χ0n) is 7.45. The first-order valence-electron chi connectivity index (χ1n) is 4.04. The van der Waals surface area contributed by atoms with Gasteiger partial charge in [0.25, 0.3) is 0 Å². The Kier molecular flexibility index (Phi) is 3.33. The SMILES string of the molecule is CCOC=Nc1ccccc1C. The fourth-order valence-corrected chi connectivity index (χ4v) is 0.877. The number of hydrogen-bond donors (Lipinski definition) is 0. The average molecular weight is 163 g/mol. The van der Waals surface area contributed by atoms with Crippen molar-refractivity contribution in [3.05, 3.63) is 29.8 Å². The second-order valence-corrected chi connectivity index (χ2v) is 2.48. The lowest BCUT2D eigenvalue weighted by Gasteiger charge is -1.97. The lowest BCUT2D eigenvalue weighted by atomic mass is 10.2. The van der Waals surface area contributed by atoms with Gasteiger partial charge in [0.2, 0.25) is 0 Å². The van der Waals surface area contributed by atoms with Crippen LogP contribution in [0.3, 0.4) is 0 Å². The third-order valence-corrected chi connectivity index (χ3v) is 1.55. The predicted octanol–water partition coefficient (Wildman–Crippen LogP) is 2.69. The van der Waals surface area contributed by atoms with Crippen LogP contribution >= 0.6 is 0 Å². The van der Waals surface area contributed by atoms with Crippen LogP contribution in [-0.4, -0.2) is 13.0 Å². The molecule has 0 bridgehead atoms. The number of hydrogen-bond acceptors (Lipinski definition) is 2. The van der Waals surface area contributed by atoms with E-state index in [-0.39, 0.29) is 0 Å². The molecule has 1 aromatic carbocycles. The number of ether oxygens (including phenoxy) is 1. The van der Waals surface area contributed by atoms with Gasteiger partial charge in [-0.15, -0.1) is 0 Å². The minimum atomic E-state index is 0.662. The predicted molar refractivity (Wildman–Crippen MR) is 51.0 cm³/mol. The van der Waals surface area contributed by atoms with Gasteiger partial charge in [-0.05, 0) is 25.5 Å². The van der Waals surface area contributed by atoms with Crippen LogP contribution in [0.15, 0.2) is 29.3 Å². The molecule has 0 heterocycles. The van der Waals surface area contributed by atoms with Crippen LogP contribution in [0.5, 0.6) is 0 Å². The Bertz CT molecular complexity index is 268. The maximum absolute atomic E-state index is 5.00. The van der Waals surface area contributed by atoms with E-state index in [1.807, 2.05) is 38.1 Å². The first-order valence-corrected chi connectivity index (χ1v) is 4.04. The zero-order valence-corrected chi connectivity index (χ0v) is 7.45. The summed E-state index contributed by atoms with van der Waals surface area (Å²) in [5, 5.41) is 0. The Morgan fingerprint density at radius 3 is 2.83 bits per heavy atom. The van der Waals surface area contributed by atoms with Crippen molar-refractivity contribution >= 4 is 12.1 Å². The molecule has 0 aliphatic rings. The van der Waals surface area contributed by atoms with E-state index in [1.54, 1.807) is 0 Å². The molecule has 0 aromatic heterocycles. The van der Waals surface area contributed by atoms with Crippen molar-refractivity contribution in [2.24, 2.45) is 4.99 Å². The number of aliphatic imine (C=N–C) groups is 1. The summed E-state index contributed by atoms with van der Waals surface area (Å²) in [7, 11) is 0. The molecule has 0 aliphatic heterocycles. The van der Waals surface area contributed by atoms with E-state index in [9.17, 15) is 0 Å². The molecule has 0 atom stereocenters. The highest BCUT2D eigenvalue weighted by Crippen LogP contribution is 2.15. The molecule has 1 rings (SSSR count).